The van der Waals surface area contributed by atoms with E-state index in [1.165, 1.54) is 0 Å². The van der Waals surface area contributed by atoms with Crippen LogP contribution in [0.15, 0.2) is 24.3 Å². The highest BCUT2D eigenvalue weighted by molar-refractivity contribution is 6.30. The molecule has 0 aliphatic rings. The molecule has 0 saturated heterocycles. The number of benzene rings is 1. The summed E-state index contributed by atoms with van der Waals surface area (Å²) in [6.45, 7) is 1.86. The molecule has 0 fully saturated rings. The number of hydrogen-bond acceptors (Lipinski definition) is 2. The third kappa shape index (κ3) is 3.90. The van der Waals surface area contributed by atoms with Gasteiger partial charge in [-0.05, 0) is 24.6 Å². The molecule has 1 rings (SSSR count). The molecular formula is C11H14ClN3O. The van der Waals surface area contributed by atoms with Crippen LogP contribution in [0.4, 0.5) is 0 Å². The molecule has 0 bridgehead atoms. The lowest BCUT2D eigenvalue weighted by Crippen LogP contribution is -2.30. The Bertz CT molecular complexity index is 389. The van der Waals surface area contributed by atoms with E-state index in [2.05, 4.69) is 5.32 Å². The molecule has 16 heavy (non-hydrogen) atoms. The molecule has 0 heterocycles. The molecule has 0 aromatic heterocycles. The van der Waals surface area contributed by atoms with Gasteiger partial charge in [-0.15, -0.1) is 0 Å². The first-order valence-electron chi connectivity index (χ1n) is 4.86. The van der Waals surface area contributed by atoms with Gasteiger partial charge < -0.3 is 11.1 Å². The van der Waals surface area contributed by atoms with Crippen molar-refractivity contribution >= 4 is 23.3 Å². The van der Waals surface area contributed by atoms with Crippen LogP contribution in [0, 0.1) is 5.41 Å². The first-order chi connectivity index (χ1) is 7.49. The van der Waals surface area contributed by atoms with Crippen LogP contribution in [-0.2, 0) is 4.79 Å². The Morgan fingerprint density at radius 2 is 2.06 bits per heavy atom. The molecule has 1 atom stereocenters. The van der Waals surface area contributed by atoms with Crippen LogP contribution in [-0.4, -0.2) is 11.7 Å². The monoisotopic (exact) mass is 239 g/mol. The zero-order valence-corrected chi connectivity index (χ0v) is 9.71. The van der Waals surface area contributed by atoms with Crippen LogP contribution in [0.1, 0.15) is 24.9 Å². The summed E-state index contributed by atoms with van der Waals surface area (Å²) in [5, 5.41) is 10.4. The van der Waals surface area contributed by atoms with Gasteiger partial charge in [0.1, 0.15) is 0 Å². The zero-order chi connectivity index (χ0) is 12.1. The predicted octanol–water partition coefficient (Wildman–Crippen LogP) is 1.84. The summed E-state index contributed by atoms with van der Waals surface area (Å²) in [5.74, 6) is -0.393. The van der Waals surface area contributed by atoms with Crippen molar-refractivity contribution in [1.29, 1.82) is 5.41 Å². The number of nitrogens with one attached hydrogen (secondary N) is 2. The van der Waals surface area contributed by atoms with Crippen molar-refractivity contribution in [3.63, 3.8) is 0 Å². The average molecular weight is 240 g/mol. The summed E-state index contributed by atoms with van der Waals surface area (Å²) < 4.78 is 0. The third-order valence-electron chi connectivity index (χ3n) is 2.10. The number of rotatable bonds is 4. The second kappa shape index (κ2) is 5.51. The van der Waals surface area contributed by atoms with E-state index >= 15 is 0 Å². The van der Waals surface area contributed by atoms with Crippen LogP contribution in [0.2, 0.25) is 5.02 Å². The lowest BCUT2D eigenvalue weighted by molar-refractivity contribution is -0.120. The minimum atomic E-state index is -0.255. The molecule has 1 aromatic rings. The minimum Gasteiger partial charge on any atom is -0.387 e. The number of amides is 1. The van der Waals surface area contributed by atoms with Crippen molar-refractivity contribution in [3.8, 4) is 0 Å². The molecule has 0 radical (unpaired) electrons. The summed E-state index contributed by atoms with van der Waals surface area (Å²) in [7, 11) is 0. The average Bonchev–Trinajstić information content (AvgIpc) is 2.16. The van der Waals surface area contributed by atoms with Crippen molar-refractivity contribution < 1.29 is 4.79 Å². The van der Waals surface area contributed by atoms with E-state index in [9.17, 15) is 4.79 Å². The molecular weight excluding hydrogens is 226 g/mol. The van der Waals surface area contributed by atoms with Gasteiger partial charge >= 0.3 is 0 Å². The molecule has 0 aliphatic heterocycles. The second-order valence-electron chi connectivity index (χ2n) is 3.54. The molecule has 0 unspecified atom stereocenters. The number of amidine groups is 1. The van der Waals surface area contributed by atoms with Crippen molar-refractivity contribution in [2.75, 3.05) is 0 Å². The van der Waals surface area contributed by atoms with Gasteiger partial charge in [-0.1, -0.05) is 23.7 Å². The van der Waals surface area contributed by atoms with Gasteiger partial charge in [0.25, 0.3) is 0 Å². The van der Waals surface area contributed by atoms with Gasteiger partial charge in [0.2, 0.25) is 5.91 Å². The summed E-state index contributed by atoms with van der Waals surface area (Å²) in [6.07, 6.45) is -0.0715. The van der Waals surface area contributed by atoms with Crippen molar-refractivity contribution in [1.82, 2.24) is 5.32 Å². The Morgan fingerprint density at radius 1 is 1.50 bits per heavy atom. The standard InChI is InChI=1S/C11H14ClN3O/c1-7(15-11(16)6-10(13)14)8-2-4-9(12)5-3-8/h2-5,7H,6H2,1H3,(H3,13,14)(H,15,16)/t7-/m1/s1. The van der Waals surface area contributed by atoms with E-state index < -0.39 is 0 Å². The summed E-state index contributed by atoms with van der Waals surface area (Å²) in [6, 6.07) is 7.11. The normalized spacial score (nSPS) is 11.9. The van der Waals surface area contributed by atoms with Crippen LogP contribution >= 0.6 is 11.6 Å². The molecule has 1 aromatic carbocycles. The fourth-order valence-electron chi connectivity index (χ4n) is 1.30. The SMILES string of the molecule is C[C@@H](NC(=O)CC(=N)N)c1ccc(Cl)cc1. The maximum atomic E-state index is 11.3. The van der Waals surface area contributed by atoms with E-state index in [1.54, 1.807) is 12.1 Å². The van der Waals surface area contributed by atoms with E-state index in [4.69, 9.17) is 22.7 Å². The minimum absolute atomic E-state index is 0.0715. The summed E-state index contributed by atoms with van der Waals surface area (Å²) in [5.41, 5.74) is 6.09. The number of halogens is 1. The maximum Gasteiger partial charge on any atom is 0.228 e. The van der Waals surface area contributed by atoms with Crippen LogP contribution in [0.3, 0.4) is 0 Å². The smallest absolute Gasteiger partial charge is 0.228 e. The topological polar surface area (TPSA) is 79.0 Å². The molecule has 1 amide bonds. The van der Waals surface area contributed by atoms with Crippen LogP contribution in [0.5, 0.6) is 0 Å². The van der Waals surface area contributed by atoms with Crippen molar-refractivity contribution in [3.05, 3.63) is 34.9 Å². The van der Waals surface area contributed by atoms with Crippen molar-refractivity contribution in [2.45, 2.75) is 19.4 Å². The largest absolute Gasteiger partial charge is 0.387 e. The van der Waals surface area contributed by atoms with Gasteiger partial charge in [0.05, 0.1) is 18.3 Å². The lowest BCUT2D eigenvalue weighted by Gasteiger charge is -2.14. The molecule has 5 heteroatoms. The highest BCUT2D eigenvalue weighted by Crippen LogP contribution is 2.15. The predicted molar refractivity (Wildman–Crippen MR) is 64.5 cm³/mol. The highest BCUT2D eigenvalue weighted by atomic mass is 35.5. The summed E-state index contributed by atoms with van der Waals surface area (Å²) >= 11 is 5.76. The van der Waals surface area contributed by atoms with Crippen LogP contribution in [0.25, 0.3) is 0 Å². The quantitative estimate of drug-likeness (QED) is 0.554. The molecule has 4 nitrogen and oxygen atoms in total. The van der Waals surface area contributed by atoms with E-state index in [0.29, 0.717) is 5.02 Å². The molecule has 4 N–H and O–H groups in total. The highest BCUT2D eigenvalue weighted by Gasteiger charge is 2.09. The Morgan fingerprint density at radius 3 is 2.56 bits per heavy atom. The maximum absolute atomic E-state index is 11.3. The number of carbonyl (C=O) groups is 1. The third-order valence-corrected chi connectivity index (χ3v) is 2.35. The second-order valence-corrected chi connectivity index (χ2v) is 3.98. The first-order valence-corrected chi connectivity index (χ1v) is 5.24. The molecule has 0 aliphatic carbocycles. The van der Waals surface area contributed by atoms with Gasteiger partial charge in [0.15, 0.2) is 0 Å². The first kappa shape index (κ1) is 12.5. The number of hydrogen-bond donors (Lipinski definition) is 3. The van der Waals surface area contributed by atoms with E-state index in [1.807, 2.05) is 19.1 Å². The Kier molecular flexibility index (Phi) is 4.31. The Hall–Kier alpha value is -1.55. The van der Waals surface area contributed by atoms with Crippen LogP contribution < -0.4 is 11.1 Å². The molecule has 0 saturated carbocycles. The fourth-order valence-corrected chi connectivity index (χ4v) is 1.43. The summed E-state index contributed by atoms with van der Waals surface area (Å²) in [4.78, 5) is 11.3. The van der Waals surface area contributed by atoms with Gasteiger partial charge in [-0.25, -0.2) is 0 Å². The van der Waals surface area contributed by atoms with Gasteiger partial charge in [0, 0.05) is 5.02 Å². The number of nitrogens with two attached hydrogens (primary N) is 1. The Balaban J connectivity index is 2.58. The van der Waals surface area contributed by atoms with Gasteiger partial charge in [-0.3, -0.25) is 10.2 Å². The molecule has 0 spiro atoms. The van der Waals surface area contributed by atoms with E-state index in [0.717, 1.165) is 5.56 Å². The van der Waals surface area contributed by atoms with Crippen molar-refractivity contribution in [2.24, 2.45) is 5.73 Å². The number of carbonyl (C=O) groups excluding carboxylic acids is 1. The zero-order valence-electron chi connectivity index (χ0n) is 8.96. The Labute approximate surface area is 99.3 Å². The molecule has 86 valence electrons. The van der Waals surface area contributed by atoms with E-state index in [-0.39, 0.29) is 24.2 Å². The lowest BCUT2D eigenvalue weighted by atomic mass is 10.1. The fraction of sp³-hybridized carbons (Fsp3) is 0.273. The van der Waals surface area contributed by atoms with Gasteiger partial charge in [-0.2, -0.15) is 0 Å².